The maximum atomic E-state index is 13.4. The average molecular weight is 429 g/mol. The molecule has 2 aliphatic rings. The Balaban J connectivity index is 1.73. The molecule has 7 heteroatoms. The van der Waals surface area contributed by atoms with E-state index >= 15 is 0 Å². The molecule has 2 atom stereocenters. The van der Waals surface area contributed by atoms with Crippen molar-refractivity contribution in [2.45, 2.75) is 19.4 Å². The molecule has 0 spiro atoms. The molecule has 148 valence electrons. The largest absolute Gasteiger partial charge is 0.274 e. The predicted octanol–water partition coefficient (Wildman–Crippen LogP) is 4.50. The Kier molecular flexibility index (Phi) is 5.43. The maximum absolute atomic E-state index is 13.4. The summed E-state index contributed by atoms with van der Waals surface area (Å²) < 4.78 is 0. The number of benzene rings is 2. The van der Waals surface area contributed by atoms with E-state index in [0.717, 1.165) is 10.6 Å². The maximum Gasteiger partial charge on any atom is 0.274 e. The fraction of sp³-hybridized carbons (Fsp3) is 0.227. The van der Waals surface area contributed by atoms with E-state index in [4.69, 9.17) is 23.2 Å². The zero-order valence-electron chi connectivity index (χ0n) is 15.4. The third kappa shape index (κ3) is 3.68. The van der Waals surface area contributed by atoms with Gasteiger partial charge in [0.1, 0.15) is 0 Å². The summed E-state index contributed by atoms with van der Waals surface area (Å²) in [4.78, 5) is 39.5. The molecule has 1 aliphatic carbocycles. The summed E-state index contributed by atoms with van der Waals surface area (Å²) in [6.45, 7) is 0.0472. The van der Waals surface area contributed by atoms with Crippen LogP contribution < -0.4 is 0 Å². The number of imide groups is 1. The molecule has 2 aromatic rings. The predicted molar refractivity (Wildman–Crippen MR) is 110 cm³/mol. The normalized spacial score (nSPS) is 20.7. The van der Waals surface area contributed by atoms with Gasteiger partial charge in [-0.3, -0.25) is 14.4 Å². The van der Waals surface area contributed by atoms with Gasteiger partial charge in [0.15, 0.2) is 0 Å². The molecule has 1 saturated heterocycles. The summed E-state index contributed by atoms with van der Waals surface area (Å²) in [6.07, 6.45) is 4.83. The van der Waals surface area contributed by atoms with Crippen molar-refractivity contribution < 1.29 is 14.4 Å². The first-order valence-corrected chi connectivity index (χ1v) is 10.1. The quantitative estimate of drug-likeness (QED) is 0.531. The number of hydrogen-bond donors (Lipinski definition) is 0. The Labute approximate surface area is 178 Å². The average Bonchev–Trinajstić information content (AvgIpc) is 2.98. The van der Waals surface area contributed by atoms with Gasteiger partial charge < -0.3 is 0 Å². The monoisotopic (exact) mass is 428 g/mol. The van der Waals surface area contributed by atoms with E-state index in [1.54, 1.807) is 48.5 Å². The zero-order chi connectivity index (χ0) is 20.5. The highest BCUT2D eigenvalue weighted by molar-refractivity contribution is 6.34. The molecule has 2 aromatic carbocycles. The molecule has 0 unspecified atom stereocenters. The van der Waals surface area contributed by atoms with E-state index < -0.39 is 17.7 Å². The Morgan fingerprint density at radius 2 is 1.52 bits per heavy atom. The molecule has 5 nitrogen and oxygen atoms in total. The lowest BCUT2D eigenvalue weighted by Gasteiger charge is -2.31. The standard InChI is InChI=1S/C22H18Cl2N2O3/c23-15-11-9-14(10-12-15)13-25(20(27)18-7-3-4-8-19(18)24)26-21(28)16-5-1-2-6-17(16)22(26)29/h1-4,7-12,16-17H,5-6,13H2/t16-,17-/m1/s1. The number of halogens is 2. The second kappa shape index (κ2) is 8.01. The summed E-state index contributed by atoms with van der Waals surface area (Å²) in [5.74, 6) is -2.06. The molecule has 1 aliphatic heterocycles. The fourth-order valence-electron chi connectivity index (χ4n) is 3.79. The van der Waals surface area contributed by atoms with Crippen LogP contribution in [0.2, 0.25) is 10.0 Å². The zero-order valence-corrected chi connectivity index (χ0v) is 16.9. The molecule has 4 rings (SSSR count). The van der Waals surface area contributed by atoms with Gasteiger partial charge in [-0.05, 0) is 42.7 Å². The molecular formula is C22H18Cl2N2O3. The van der Waals surface area contributed by atoms with E-state index in [1.807, 2.05) is 12.2 Å². The molecule has 3 amide bonds. The minimum Gasteiger partial charge on any atom is -0.272 e. The van der Waals surface area contributed by atoms with Gasteiger partial charge in [0.25, 0.3) is 17.7 Å². The molecule has 0 N–H and O–H groups in total. The van der Waals surface area contributed by atoms with Gasteiger partial charge >= 0.3 is 0 Å². The second-order valence-corrected chi connectivity index (χ2v) is 7.96. The Hall–Kier alpha value is -2.63. The van der Waals surface area contributed by atoms with Crippen LogP contribution >= 0.6 is 23.2 Å². The van der Waals surface area contributed by atoms with Crippen molar-refractivity contribution in [2.75, 3.05) is 0 Å². The van der Waals surface area contributed by atoms with E-state index in [2.05, 4.69) is 0 Å². The number of rotatable bonds is 4. The van der Waals surface area contributed by atoms with Crippen molar-refractivity contribution in [3.05, 3.63) is 81.9 Å². The number of amides is 3. The third-order valence-electron chi connectivity index (χ3n) is 5.31. The minimum atomic E-state index is -0.501. The van der Waals surface area contributed by atoms with E-state index in [-0.39, 0.29) is 28.9 Å². The molecule has 0 bridgehead atoms. The van der Waals surface area contributed by atoms with Crippen molar-refractivity contribution in [2.24, 2.45) is 11.8 Å². The third-order valence-corrected chi connectivity index (χ3v) is 5.89. The lowest BCUT2D eigenvalue weighted by molar-refractivity contribution is -0.155. The summed E-state index contributed by atoms with van der Waals surface area (Å²) in [5, 5.41) is 3.04. The van der Waals surface area contributed by atoms with Crippen LogP contribution in [0.5, 0.6) is 0 Å². The van der Waals surface area contributed by atoms with Gasteiger partial charge in [0.05, 0.1) is 29.0 Å². The topological polar surface area (TPSA) is 57.7 Å². The summed E-state index contributed by atoms with van der Waals surface area (Å²) in [6, 6.07) is 13.5. The Morgan fingerprint density at radius 3 is 2.10 bits per heavy atom. The van der Waals surface area contributed by atoms with Crippen molar-refractivity contribution in [3.63, 3.8) is 0 Å². The van der Waals surface area contributed by atoms with Gasteiger partial charge in [0, 0.05) is 5.02 Å². The Bertz CT molecular complexity index is 977. The SMILES string of the molecule is O=C(c1ccccc1Cl)N(Cc1ccc(Cl)cc1)N1C(=O)[C@@H]2CC=CC[C@H]2C1=O. The minimum absolute atomic E-state index is 0.0472. The molecule has 1 heterocycles. The number of allylic oxidation sites excluding steroid dienone is 2. The van der Waals surface area contributed by atoms with Gasteiger partial charge in [0.2, 0.25) is 0 Å². The molecule has 0 radical (unpaired) electrons. The first-order valence-electron chi connectivity index (χ1n) is 9.31. The molecule has 0 aromatic heterocycles. The number of carbonyl (C=O) groups excluding carboxylic acids is 3. The van der Waals surface area contributed by atoms with Crippen LogP contribution in [-0.4, -0.2) is 27.7 Å². The Morgan fingerprint density at radius 1 is 0.931 bits per heavy atom. The van der Waals surface area contributed by atoms with Crippen molar-refractivity contribution in [1.82, 2.24) is 10.0 Å². The number of nitrogens with zero attached hydrogens (tertiary/aromatic N) is 2. The summed E-state index contributed by atoms with van der Waals surface area (Å²) >= 11 is 12.2. The number of hydrogen-bond acceptors (Lipinski definition) is 3. The highest BCUT2D eigenvalue weighted by Crippen LogP contribution is 2.37. The lowest BCUT2D eigenvalue weighted by Crippen LogP contribution is -2.49. The highest BCUT2D eigenvalue weighted by Gasteiger charge is 2.50. The van der Waals surface area contributed by atoms with Gasteiger partial charge in [-0.15, -0.1) is 0 Å². The second-order valence-electron chi connectivity index (χ2n) is 7.11. The van der Waals surface area contributed by atoms with Gasteiger partial charge in [-0.1, -0.05) is 59.6 Å². The number of carbonyl (C=O) groups is 3. The smallest absolute Gasteiger partial charge is 0.272 e. The highest BCUT2D eigenvalue weighted by atomic mass is 35.5. The van der Waals surface area contributed by atoms with Crippen LogP contribution in [0.15, 0.2) is 60.7 Å². The van der Waals surface area contributed by atoms with Crippen LogP contribution in [0.4, 0.5) is 0 Å². The lowest BCUT2D eigenvalue weighted by atomic mass is 9.85. The van der Waals surface area contributed by atoms with Gasteiger partial charge in [-0.25, -0.2) is 5.01 Å². The number of fused-ring (bicyclic) bond motifs is 1. The molecule has 0 saturated carbocycles. The first kappa shape index (κ1) is 19.7. The first-order chi connectivity index (χ1) is 14.0. The van der Waals surface area contributed by atoms with E-state index in [1.165, 1.54) is 5.01 Å². The van der Waals surface area contributed by atoms with Crippen LogP contribution in [0.3, 0.4) is 0 Å². The van der Waals surface area contributed by atoms with E-state index in [0.29, 0.717) is 17.9 Å². The van der Waals surface area contributed by atoms with Crippen LogP contribution in [-0.2, 0) is 16.1 Å². The van der Waals surface area contributed by atoms with Crippen LogP contribution in [0, 0.1) is 11.8 Å². The van der Waals surface area contributed by atoms with Crippen LogP contribution in [0.1, 0.15) is 28.8 Å². The van der Waals surface area contributed by atoms with Crippen molar-refractivity contribution in [1.29, 1.82) is 0 Å². The van der Waals surface area contributed by atoms with E-state index in [9.17, 15) is 14.4 Å². The fourth-order valence-corrected chi connectivity index (χ4v) is 4.13. The van der Waals surface area contributed by atoms with Crippen molar-refractivity contribution in [3.8, 4) is 0 Å². The number of hydrazine groups is 1. The van der Waals surface area contributed by atoms with Crippen molar-refractivity contribution >= 4 is 40.9 Å². The van der Waals surface area contributed by atoms with Gasteiger partial charge in [-0.2, -0.15) is 5.01 Å². The molecular weight excluding hydrogens is 411 g/mol. The summed E-state index contributed by atoms with van der Waals surface area (Å²) in [7, 11) is 0. The molecule has 29 heavy (non-hydrogen) atoms. The molecule has 1 fully saturated rings. The summed E-state index contributed by atoms with van der Waals surface area (Å²) in [5.41, 5.74) is 0.972. The van der Waals surface area contributed by atoms with Crippen LogP contribution in [0.25, 0.3) is 0 Å².